The van der Waals surface area contributed by atoms with E-state index in [9.17, 15) is 0 Å². The summed E-state index contributed by atoms with van der Waals surface area (Å²) in [7, 11) is 0. The Hall–Kier alpha value is -0.910. The highest BCUT2D eigenvalue weighted by atomic mass is 79.9. The molecule has 3 aromatic rings. The lowest BCUT2D eigenvalue weighted by molar-refractivity contribution is 0.746. The van der Waals surface area contributed by atoms with Crippen LogP contribution in [0.25, 0.3) is 11.0 Å². The molecule has 0 fully saturated rings. The second-order valence-corrected chi connectivity index (χ2v) is 7.18. The molecule has 104 valence electrons. The monoisotopic (exact) mass is 369 g/mol. The van der Waals surface area contributed by atoms with Crippen molar-refractivity contribution in [3.63, 3.8) is 0 Å². The Balaban J connectivity index is 2.18. The van der Waals surface area contributed by atoms with E-state index >= 15 is 0 Å². The number of nitrogens with zero attached hydrogens (tertiary/aromatic N) is 3. The molecule has 3 rings (SSSR count). The number of hydrogen-bond donors (Lipinski definition) is 0. The SMILES string of the molecule is Cc1ncsc1Cn1c(C(C)Cl)nc2ccc(Br)cc21. The summed E-state index contributed by atoms with van der Waals surface area (Å²) in [5, 5.41) is -0.130. The minimum absolute atomic E-state index is 0.130. The highest BCUT2D eigenvalue weighted by molar-refractivity contribution is 9.10. The van der Waals surface area contributed by atoms with Gasteiger partial charge in [0.1, 0.15) is 5.82 Å². The number of aromatic nitrogens is 3. The van der Waals surface area contributed by atoms with E-state index in [1.165, 1.54) is 4.88 Å². The second-order valence-electron chi connectivity index (χ2n) is 4.67. The molecule has 0 amide bonds. The van der Waals surface area contributed by atoms with Crippen LogP contribution < -0.4 is 0 Å². The largest absolute Gasteiger partial charge is 0.321 e. The number of rotatable bonds is 3. The minimum Gasteiger partial charge on any atom is -0.321 e. The van der Waals surface area contributed by atoms with Gasteiger partial charge in [-0.15, -0.1) is 22.9 Å². The van der Waals surface area contributed by atoms with Crippen molar-refractivity contribution in [3.8, 4) is 0 Å². The molecule has 1 atom stereocenters. The van der Waals surface area contributed by atoms with Crippen LogP contribution in [0, 0.1) is 6.92 Å². The molecule has 0 N–H and O–H groups in total. The number of fused-ring (bicyclic) bond motifs is 1. The zero-order valence-corrected chi connectivity index (χ0v) is 14.3. The number of aryl methyl sites for hydroxylation is 1. The van der Waals surface area contributed by atoms with Gasteiger partial charge < -0.3 is 4.57 Å². The maximum Gasteiger partial charge on any atom is 0.128 e. The molecule has 0 aliphatic heterocycles. The molecule has 6 heteroatoms. The average molecular weight is 371 g/mol. The molecule has 1 unspecified atom stereocenters. The Bertz CT molecular complexity index is 763. The molecule has 0 spiro atoms. The molecular formula is C14H13BrClN3S. The van der Waals surface area contributed by atoms with Gasteiger partial charge in [0.2, 0.25) is 0 Å². The number of thiazole rings is 1. The van der Waals surface area contributed by atoms with Crippen molar-refractivity contribution in [2.24, 2.45) is 0 Å². The van der Waals surface area contributed by atoms with Crippen LogP contribution in [0.5, 0.6) is 0 Å². The van der Waals surface area contributed by atoms with Crippen LogP contribution in [0.1, 0.15) is 28.7 Å². The van der Waals surface area contributed by atoms with Crippen LogP contribution in [-0.2, 0) is 6.54 Å². The summed E-state index contributed by atoms with van der Waals surface area (Å²) in [6.07, 6.45) is 0. The van der Waals surface area contributed by atoms with E-state index in [0.29, 0.717) is 0 Å². The van der Waals surface area contributed by atoms with Gasteiger partial charge in [-0.2, -0.15) is 0 Å². The van der Waals surface area contributed by atoms with Gasteiger partial charge in [-0.05, 0) is 32.0 Å². The summed E-state index contributed by atoms with van der Waals surface area (Å²) in [4.78, 5) is 10.2. The Morgan fingerprint density at radius 1 is 1.45 bits per heavy atom. The van der Waals surface area contributed by atoms with Crippen LogP contribution in [-0.4, -0.2) is 14.5 Å². The molecule has 2 aromatic heterocycles. The third-order valence-electron chi connectivity index (χ3n) is 3.24. The Kier molecular flexibility index (Phi) is 3.84. The summed E-state index contributed by atoms with van der Waals surface area (Å²) in [6, 6.07) is 6.10. The van der Waals surface area contributed by atoms with Crippen molar-refractivity contribution in [1.29, 1.82) is 0 Å². The molecule has 0 aliphatic carbocycles. The quantitative estimate of drug-likeness (QED) is 0.613. The molecule has 0 radical (unpaired) electrons. The fourth-order valence-corrected chi connectivity index (χ4v) is 3.49. The summed E-state index contributed by atoms with van der Waals surface area (Å²) in [5.74, 6) is 0.896. The van der Waals surface area contributed by atoms with Gasteiger partial charge >= 0.3 is 0 Å². The fourth-order valence-electron chi connectivity index (χ4n) is 2.21. The topological polar surface area (TPSA) is 30.7 Å². The van der Waals surface area contributed by atoms with Crippen molar-refractivity contribution < 1.29 is 0 Å². The van der Waals surface area contributed by atoms with E-state index in [2.05, 4.69) is 36.5 Å². The predicted octanol–water partition coefficient (Wildman–Crippen LogP) is 4.91. The van der Waals surface area contributed by atoms with Crippen LogP contribution in [0.4, 0.5) is 0 Å². The van der Waals surface area contributed by atoms with Gasteiger partial charge in [0, 0.05) is 9.35 Å². The predicted molar refractivity (Wildman–Crippen MR) is 87.7 cm³/mol. The minimum atomic E-state index is -0.130. The lowest BCUT2D eigenvalue weighted by Crippen LogP contribution is -2.05. The second kappa shape index (κ2) is 5.47. The summed E-state index contributed by atoms with van der Waals surface area (Å²) in [6.45, 7) is 4.74. The van der Waals surface area contributed by atoms with Crippen molar-refractivity contribution >= 4 is 49.9 Å². The number of imidazole rings is 1. The van der Waals surface area contributed by atoms with Gasteiger partial charge in [0.25, 0.3) is 0 Å². The van der Waals surface area contributed by atoms with Gasteiger partial charge in [0.05, 0.1) is 34.2 Å². The van der Waals surface area contributed by atoms with E-state index in [1.54, 1.807) is 11.3 Å². The molecule has 2 heterocycles. The molecule has 0 saturated heterocycles. The Morgan fingerprint density at radius 2 is 2.25 bits per heavy atom. The third-order valence-corrected chi connectivity index (χ3v) is 4.85. The average Bonchev–Trinajstić information content (AvgIpc) is 2.95. The van der Waals surface area contributed by atoms with Crippen molar-refractivity contribution in [3.05, 3.63) is 44.6 Å². The first kappa shape index (κ1) is 14.0. The maximum atomic E-state index is 6.29. The zero-order valence-electron chi connectivity index (χ0n) is 11.1. The van der Waals surface area contributed by atoms with Crippen LogP contribution in [0.3, 0.4) is 0 Å². The first-order valence-electron chi connectivity index (χ1n) is 6.25. The van der Waals surface area contributed by atoms with Crippen molar-refractivity contribution in [2.75, 3.05) is 0 Å². The molecule has 0 bridgehead atoms. The van der Waals surface area contributed by atoms with Gasteiger partial charge in [0.15, 0.2) is 0 Å². The highest BCUT2D eigenvalue weighted by Crippen LogP contribution is 2.28. The molecule has 0 aliphatic rings. The van der Waals surface area contributed by atoms with Gasteiger partial charge in [-0.3, -0.25) is 0 Å². The van der Waals surface area contributed by atoms with Crippen LogP contribution >= 0.6 is 38.9 Å². The van der Waals surface area contributed by atoms with Gasteiger partial charge in [-0.1, -0.05) is 15.9 Å². The van der Waals surface area contributed by atoms with E-state index < -0.39 is 0 Å². The summed E-state index contributed by atoms with van der Waals surface area (Å²) >= 11 is 11.5. The molecule has 0 saturated carbocycles. The molecule has 1 aromatic carbocycles. The standard InChI is InChI=1S/C14H13BrClN3S/c1-8(16)14-18-11-4-3-10(15)5-12(11)19(14)6-13-9(2)17-7-20-13/h3-5,7-8H,6H2,1-2H3. The number of hydrogen-bond acceptors (Lipinski definition) is 3. The Morgan fingerprint density at radius 3 is 2.90 bits per heavy atom. The van der Waals surface area contributed by atoms with E-state index in [4.69, 9.17) is 11.6 Å². The smallest absolute Gasteiger partial charge is 0.128 e. The molecular weight excluding hydrogens is 358 g/mol. The Labute approximate surface area is 134 Å². The summed E-state index contributed by atoms with van der Waals surface area (Å²) < 4.78 is 3.22. The highest BCUT2D eigenvalue weighted by Gasteiger charge is 2.16. The van der Waals surface area contributed by atoms with E-state index in [0.717, 1.165) is 33.6 Å². The number of alkyl halides is 1. The normalized spacial score (nSPS) is 13.0. The third kappa shape index (κ3) is 2.50. The fraction of sp³-hybridized carbons (Fsp3) is 0.286. The lowest BCUT2D eigenvalue weighted by atomic mass is 10.3. The van der Waals surface area contributed by atoms with Crippen molar-refractivity contribution in [2.45, 2.75) is 25.8 Å². The van der Waals surface area contributed by atoms with Gasteiger partial charge in [-0.25, -0.2) is 9.97 Å². The van der Waals surface area contributed by atoms with Crippen LogP contribution in [0.2, 0.25) is 0 Å². The molecule has 20 heavy (non-hydrogen) atoms. The first-order chi connectivity index (χ1) is 9.56. The number of benzene rings is 1. The lowest BCUT2D eigenvalue weighted by Gasteiger charge is -2.10. The number of halogens is 2. The van der Waals surface area contributed by atoms with Crippen molar-refractivity contribution in [1.82, 2.24) is 14.5 Å². The first-order valence-corrected chi connectivity index (χ1v) is 8.36. The maximum absolute atomic E-state index is 6.29. The van der Waals surface area contributed by atoms with Crippen LogP contribution in [0.15, 0.2) is 28.2 Å². The summed E-state index contributed by atoms with van der Waals surface area (Å²) in [5.41, 5.74) is 5.01. The van der Waals surface area contributed by atoms with E-state index in [-0.39, 0.29) is 5.38 Å². The zero-order chi connectivity index (χ0) is 14.3. The molecule has 3 nitrogen and oxygen atoms in total. The van der Waals surface area contributed by atoms with E-state index in [1.807, 2.05) is 31.5 Å².